The maximum Gasteiger partial charge on any atom is 0.241 e. The number of aryl methyl sites for hydroxylation is 2. The number of amides is 1. The first-order chi connectivity index (χ1) is 12.7. The minimum absolute atomic E-state index is 0.260. The quantitative estimate of drug-likeness (QED) is 0.664. The Kier molecular flexibility index (Phi) is 7.44. The number of halogens is 1. The Bertz CT molecular complexity index is 913. The van der Waals surface area contributed by atoms with Gasteiger partial charge in [0.2, 0.25) is 15.9 Å². The zero-order valence-electron chi connectivity index (χ0n) is 15.8. The molecule has 0 bridgehead atoms. The van der Waals surface area contributed by atoms with Gasteiger partial charge < -0.3 is 5.32 Å². The molecule has 0 atom stereocenters. The second kappa shape index (κ2) is 9.37. The molecule has 0 radical (unpaired) electrons. The normalized spacial score (nSPS) is 11.3. The molecule has 1 N–H and O–H groups in total. The minimum Gasteiger partial charge on any atom is -0.350 e. The van der Waals surface area contributed by atoms with Gasteiger partial charge in [-0.1, -0.05) is 54.0 Å². The Hall–Kier alpha value is -1.86. The molecule has 146 valence electrons. The van der Waals surface area contributed by atoms with E-state index in [1.165, 1.54) is 11.1 Å². The third kappa shape index (κ3) is 6.07. The number of carbonyl (C=O) groups excluding carboxylic acids is 1. The summed E-state index contributed by atoms with van der Waals surface area (Å²) in [4.78, 5) is 12.5. The topological polar surface area (TPSA) is 66.5 Å². The van der Waals surface area contributed by atoms with Gasteiger partial charge in [-0.05, 0) is 47.7 Å². The van der Waals surface area contributed by atoms with Crippen molar-refractivity contribution in [2.75, 3.05) is 17.1 Å². The summed E-state index contributed by atoms with van der Waals surface area (Å²) in [7, 11) is -3.58. The lowest BCUT2D eigenvalue weighted by Gasteiger charge is -2.22. The van der Waals surface area contributed by atoms with E-state index in [2.05, 4.69) is 53.3 Å². The number of rotatable bonds is 8. The minimum atomic E-state index is -3.58. The van der Waals surface area contributed by atoms with Crippen LogP contribution < -0.4 is 9.62 Å². The van der Waals surface area contributed by atoms with E-state index >= 15 is 0 Å². The Morgan fingerprint density at radius 2 is 1.81 bits per heavy atom. The summed E-state index contributed by atoms with van der Waals surface area (Å²) in [5.74, 6) is -0.343. The molecular weight excluding hydrogens is 428 g/mol. The molecule has 7 heteroatoms. The first kappa shape index (κ1) is 21.4. The standard InChI is InChI=1S/C20H25BrN2O3S/c1-4-15-9-10-16(5-2)17(11-15)13-22-20(24)14-23(27(3,25)26)19-8-6-7-18(21)12-19/h6-12H,4-5,13-14H2,1-3H3,(H,22,24). The molecule has 0 saturated carbocycles. The molecule has 0 unspecified atom stereocenters. The molecule has 5 nitrogen and oxygen atoms in total. The molecule has 2 aromatic carbocycles. The van der Waals surface area contributed by atoms with Crippen molar-refractivity contribution in [1.29, 1.82) is 0 Å². The van der Waals surface area contributed by atoms with Gasteiger partial charge in [0.1, 0.15) is 6.54 Å². The van der Waals surface area contributed by atoms with Crippen LogP contribution >= 0.6 is 15.9 Å². The number of carbonyl (C=O) groups is 1. The summed E-state index contributed by atoms with van der Waals surface area (Å²) >= 11 is 3.33. The van der Waals surface area contributed by atoms with E-state index < -0.39 is 10.0 Å². The van der Waals surface area contributed by atoms with Crippen molar-refractivity contribution >= 4 is 37.5 Å². The van der Waals surface area contributed by atoms with Crippen molar-refractivity contribution in [3.63, 3.8) is 0 Å². The third-order valence-corrected chi connectivity index (χ3v) is 5.95. The second-order valence-electron chi connectivity index (χ2n) is 6.34. The van der Waals surface area contributed by atoms with Crippen molar-refractivity contribution in [2.45, 2.75) is 33.2 Å². The Labute approximate surface area is 170 Å². The number of nitrogens with zero attached hydrogens (tertiary/aromatic N) is 1. The number of nitrogens with one attached hydrogen (secondary N) is 1. The van der Waals surface area contributed by atoms with E-state index in [-0.39, 0.29) is 12.5 Å². The Balaban J connectivity index is 2.13. The average Bonchev–Trinajstić information content (AvgIpc) is 2.63. The lowest BCUT2D eigenvalue weighted by molar-refractivity contribution is -0.119. The van der Waals surface area contributed by atoms with Crippen molar-refractivity contribution < 1.29 is 13.2 Å². The van der Waals surface area contributed by atoms with Crippen LogP contribution in [0.2, 0.25) is 0 Å². The lowest BCUT2D eigenvalue weighted by Crippen LogP contribution is -2.40. The van der Waals surface area contributed by atoms with Gasteiger partial charge in [0, 0.05) is 11.0 Å². The van der Waals surface area contributed by atoms with E-state index in [1.54, 1.807) is 24.3 Å². The van der Waals surface area contributed by atoms with Crippen molar-refractivity contribution in [3.05, 3.63) is 63.6 Å². The summed E-state index contributed by atoms with van der Waals surface area (Å²) in [6.45, 7) is 4.28. The Morgan fingerprint density at radius 1 is 1.07 bits per heavy atom. The zero-order valence-corrected chi connectivity index (χ0v) is 18.2. The summed E-state index contributed by atoms with van der Waals surface area (Å²) in [5.41, 5.74) is 3.91. The van der Waals surface area contributed by atoms with Crippen molar-refractivity contribution in [3.8, 4) is 0 Å². The smallest absolute Gasteiger partial charge is 0.241 e. The van der Waals surface area contributed by atoms with Gasteiger partial charge in [-0.2, -0.15) is 0 Å². The van der Waals surface area contributed by atoms with Crippen LogP contribution in [0.4, 0.5) is 5.69 Å². The molecule has 2 rings (SSSR count). The van der Waals surface area contributed by atoms with Crippen LogP contribution in [-0.2, 0) is 34.2 Å². The zero-order chi connectivity index (χ0) is 20.0. The van der Waals surface area contributed by atoms with Crippen LogP contribution in [0.25, 0.3) is 0 Å². The summed E-state index contributed by atoms with van der Waals surface area (Å²) in [5, 5.41) is 2.86. The van der Waals surface area contributed by atoms with Crippen LogP contribution in [0.3, 0.4) is 0 Å². The van der Waals surface area contributed by atoms with Crippen LogP contribution in [0, 0.1) is 0 Å². The van der Waals surface area contributed by atoms with Crippen LogP contribution in [0.1, 0.15) is 30.5 Å². The van der Waals surface area contributed by atoms with E-state index in [4.69, 9.17) is 0 Å². The van der Waals surface area contributed by atoms with E-state index in [0.29, 0.717) is 12.2 Å². The van der Waals surface area contributed by atoms with Gasteiger partial charge in [-0.15, -0.1) is 0 Å². The highest BCUT2D eigenvalue weighted by Crippen LogP contribution is 2.22. The van der Waals surface area contributed by atoms with Gasteiger partial charge in [-0.3, -0.25) is 9.10 Å². The van der Waals surface area contributed by atoms with Gasteiger partial charge in [0.25, 0.3) is 0 Å². The number of anilines is 1. The van der Waals surface area contributed by atoms with Crippen LogP contribution in [0.5, 0.6) is 0 Å². The molecule has 0 saturated heterocycles. The van der Waals surface area contributed by atoms with Gasteiger partial charge >= 0.3 is 0 Å². The number of sulfonamides is 1. The fourth-order valence-electron chi connectivity index (χ4n) is 2.82. The lowest BCUT2D eigenvalue weighted by atomic mass is 10.0. The van der Waals surface area contributed by atoms with Crippen molar-refractivity contribution in [1.82, 2.24) is 5.32 Å². The van der Waals surface area contributed by atoms with Gasteiger partial charge in [0.15, 0.2) is 0 Å². The fourth-order valence-corrected chi connectivity index (χ4v) is 4.06. The fraction of sp³-hybridized carbons (Fsp3) is 0.350. The largest absolute Gasteiger partial charge is 0.350 e. The predicted molar refractivity (Wildman–Crippen MR) is 113 cm³/mol. The van der Waals surface area contributed by atoms with Gasteiger partial charge in [-0.25, -0.2) is 8.42 Å². The third-order valence-electron chi connectivity index (χ3n) is 4.32. The first-order valence-corrected chi connectivity index (χ1v) is 11.5. The molecule has 0 aliphatic rings. The molecule has 0 aliphatic heterocycles. The molecule has 0 fully saturated rings. The monoisotopic (exact) mass is 452 g/mol. The summed E-state index contributed by atoms with van der Waals surface area (Å²) in [6.07, 6.45) is 2.90. The highest BCUT2D eigenvalue weighted by molar-refractivity contribution is 9.10. The molecule has 27 heavy (non-hydrogen) atoms. The number of benzene rings is 2. The summed E-state index contributed by atoms with van der Waals surface area (Å²) in [6, 6.07) is 13.2. The molecule has 2 aromatic rings. The van der Waals surface area contributed by atoms with E-state index in [1.807, 2.05) is 0 Å². The number of hydrogen-bond acceptors (Lipinski definition) is 3. The SMILES string of the molecule is CCc1ccc(CC)c(CNC(=O)CN(c2cccc(Br)c2)S(C)(=O)=O)c1. The van der Waals surface area contributed by atoms with E-state index in [0.717, 1.165) is 33.4 Å². The first-order valence-electron chi connectivity index (χ1n) is 8.85. The van der Waals surface area contributed by atoms with Crippen LogP contribution in [0.15, 0.2) is 46.9 Å². The predicted octanol–water partition coefficient (Wildman–Crippen LogP) is 3.66. The maximum atomic E-state index is 12.5. The Morgan fingerprint density at radius 3 is 2.41 bits per heavy atom. The molecule has 0 aliphatic carbocycles. The van der Waals surface area contributed by atoms with E-state index in [9.17, 15) is 13.2 Å². The average molecular weight is 453 g/mol. The molecule has 0 aromatic heterocycles. The molecular formula is C20H25BrN2O3S. The maximum absolute atomic E-state index is 12.5. The van der Waals surface area contributed by atoms with Gasteiger partial charge in [0.05, 0.1) is 11.9 Å². The summed E-state index contributed by atoms with van der Waals surface area (Å²) < 4.78 is 26.2. The highest BCUT2D eigenvalue weighted by Gasteiger charge is 2.21. The van der Waals surface area contributed by atoms with Crippen LogP contribution in [-0.4, -0.2) is 27.1 Å². The number of hydrogen-bond donors (Lipinski definition) is 1. The molecule has 0 heterocycles. The highest BCUT2D eigenvalue weighted by atomic mass is 79.9. The second-order valence-corrected chi connectivity index (χ2v) is 9.16. The molecule has 0 spiro atoms. The van der Waals surface area contributed by atoms with Crippen molar-refractivity contribution in [2.24, 2.45) is 0 Å². The molecule has 1 amide bonds.